The zero-order valence-corrected chi connectivity index (χ0v) is 9.90. The van der Waals surface area contributed by atoms with Gasteiger partial charge in [-0.25, -0.2) is 0 Å². The van der Waals surface area contributed by atoms with E-state index in [-0.39, 0.29) is 0 Å². The molecule has 0 amide bonds. The number of aromatic nitrogens is 2. The van der Waals surface area contributed by atoms with Crippen LogP contribution in [0.1, 0.15) is 12.1 Å². The van der Waals surface area contributed by atoms with Crippen LogP contribution < -0.4 is 16.3 Å². The van der Waals surface area contributed by atoms with Gasteiger partial charge in [-0.15, -0.1) is 0 Å². The van der Waals surface area contributed by atoms with Crippen molar-refractivity contribution in [3.8, 4) is 0 Å². The van der Waals surface area contributed by atoms with Gasteiger partial charge in [0.2, 0.25) is 5.43 Å². The van der Waals surface area contributed by atoms with Crippen LogP contribution >= 0.6 is 0 Å². The molecule has 0 saturated carbocycles. The molecule has 1 heterocycles. The maximum atomic E-state index is 11.1. The first kappa shape index (κ1) is 12.2. The molecule has 0 bridgehead atoms. The van der Waals surface area contributed by atoms with Gasteiger partial charge in [-0.3, -0.25) is 14.7 Å². The van der Waals surface area contributed by atoms with Gasteiger partial charge in [0, 0.05) is 24.0 Å². The Morgan fingerprint density at radius 3 is 2.56 bits per heavy atom. The van der Waals surface area contributed by atoms with Gasteiger partial charge in [0.1, 0.15) is 0 Å². The molecule has 2 aromatic rings. The number of hydrogen-bond acceptors (Lipinski definition) is 3. The number of aromatic amines is 2. The molecule has 0 spiro atoms. The number of hydrogen-bond donors (Lipinski definition) is 3. The van der Waals surface area contributed by atoms with E-state index in [9.17, 15) is 9.59 Å². The van der Waals surface area contributed by atoms with Crippen LogP contribution in [-0.2, 0) is 6.42 Å². The average molecular weight is 245 g/mol. The molecule has 0 atom stereocenters. The number of rotatable bonds is 5. The molecule has 2 rings (SSSR count). The second-order valence-electron chi connectivity index (χ2n) is 4.01. The molecule has 5 nitrogen and oxygen atoms in total. The van der Waals surface area contributed by atoms with E-state index in [1.807, 2.05) is 30.3 Å². The lowest BCUT2D eigenvalue weighted by Crippen LogP contribution is -2.27. The van der Waals surface area contributed by atoms with E-state index in [1.165, 1.54) is 6.07 Å². The number of H-pyrrole nitrogens is 2. The third kappa shape index (κ3) is 3.35. The fourth-order valence-corrected chi connectivity index (χ4v) is 1.66. The Balaban J connectivity index is 1.80. The zero-order valence-electron chi connectivity index (χ0n) is 9.90. The second-order valence-corrected chi connectivity index (χ2v) is 4.01. The van der Waals surface area contributed by atoms with Crippen LogP contribution in [0, 0.1) is 0 Å². The van der Waals surface area contributed by atoms with Gasteiger partial charge in [0.15, 0.2) is 0 Å². The first-order valence-electron chi connectivity index (χ1n) is 5.85. The summed E-state index contributed by atoms with van der Waals surface area (Å²) in [4.78, 5) is 22.0. The van der Waals surface area contributed by atoms with Crippen LogP contribution in [-0.4, -0.2) is 16.7 Å². The SMILES string of the molecule is O=c1cc(CCCNc2ccccc2)[nH][nH]c1=O. The lowest BCUT2D eigenvalue weighted by atomic mass is 10.2. The summed E-state index contributed by atoms with van der Waals surface area (Å²) >= 11 is 0. The number of benzene rings is 1. The van der Waals surface area contributed by atoms with Crippen molar-refractivity contribution in [2.75, 3.05) is 11.9 Å². The number of aryl methyl sites for hydroxylation is 1. The van der Waals surface area contributed by atoms with Gasteiger partial charge < -0.3 is 10.4 Å². The van der Waals surface area contributed by atoms with Gasteiger partial charge >= 0.3 is 5.56 Å². The molecule has 0 saturated heterocycles. The Kier molecular flexibility index (Phi) is 3.96. The van der Waals surface area contributed by atoms with Gasteiger partial charge in [0.05, 0.1) is 0 Å². The predicted molar refractivity (Wildman–Crippen MR) is 70.9 cm³/mol. The Morgan fingerprint density at radius 2 is 1.83 bits per heavy atom. The summed E-state index contributed by atoms with van der Waals surface area (Å²) < 4.78 is 0. The lowest BCUT2D eigenvalue weighted by Gasteiger charge is -2.05. The highest BCUT2D eigenvalue weighted by atomic mass is 16.2. The highest BCUT2D eigenvalue weighted by Crippen LogP contribution is 2.05. The number of nitrogens with one attached hydrogen (secondary N) is 3. The summed E-state index contributed by atoms with van der Waals surface area (Å²) in [6, 6.07) is 11.3. The number of para-hydroxylation sites is 1. The molecule has 0 aliphatic rings. The van der Waals surface area contributed by atoms with Gasteiger partial charge in [0.25, 0.3) is 0 Å². The number of anilines is 1. The molecule has 0 aliphatic heterocycles. The highest BCUT2D eigenvalue weighted by molar-refractivity contribution is 5.42. The van der Waals surface area contributed by atoms with Crippen molar-refractivity contribution in [1.29, 1.82) is 0 Å². The second kappa shape index (κ2) is 5.86. The van der Waals surface area contributed by atoms with E-state index in [0.29, 0.717) is 6.42 Å². The van der Waals surface area contributed by atoms with E-state index in [4.69, 9.17) is 0 Å². The minimum atomic E-state index is -0.610. The Labute approximate surface area is 104 Å². The van der Waals surface area contributed by atoms with E-state index in [2.05, 4.69) is 15.5 Å². The lowest BCUT2D eigenvalue weighted by molar-refractivity contribution is 0.795. The first-order chi connectivity index (χ1) is 8.75. The molecule has 3 N–H and O–H groups in total. The van der Waals surface area contributed by atoms with Crippen molar-refractivity contribution in [2.45, 2.75) is 12.8 Å². The molecule has 0 fully saturated rings. The third-order valence-corrected chi connectivity index (χ3v) is 2.59. The molecule has 0 unspecified atom stereocenters. The van der Waals surface area contributed by atoms with Crippen molar-refractivity contribution in [3.63, 3.8) is 0 Å². The molecule has 0 aliphatic carbocycles. The van der Waals surface area contributed by atoms with Gasteiger partial charge in [-0.2, -0.15) is 0 Å². The Hall–Kier alpha value is -2.30. The zero-order chi connectivity index (χ0) is 12.8. The molecule has 0 radical (unpaired) electrons. The molecule has 1 aromatic carbocycles. The van der Waals surface area contributed by atoms with E-state index >= 15 is 0 Å². The quantitative estimate of drug-likeness (QED) is 0.545. The molecule has 94 valence electrons. The molecular formula is C13H15N3O2. The maximum Gasteiger partial charge on any atom is 0.310 e. The minimum absolute atomic E-state index is 0.500. The van der Waals surface area contributed by atoms with Crippen LogP contribution in [0.4, 0.5) is 5.69 Å². The van der Waals surface area contributed by atoms with E-state index in [0.717, 1.165) is 24.3 Å². The van der Waals surface area contributed by atoms with Crippen molar-refractivity contribution in [1.82, 2.24) is 10.2 Å². The average Bonchev–Trinajstić information content (AvgIpc) is 2.40. The van der Waals surface area contributed by atoms with Crippen LogP contribution in [0.25, 0.3) is 0 Å². The van der Waals surface area contributed by atoms with Crippen LogP contribution in [0.15, 0.2) is 46.0 Å². The van der Waals surface area contributed by atoms with E-state index in [1.54, 1.807) is 0 Å². The summed E-state index contributed by atoms with van der Waals surface area (Å²) in [5.74, 6) is 0. The topological polar surface area (TPSA) is 77.8 Å². The Bertz CT molecular complexity index is 601. The summed E-state index contributed by atoms with van der Waals surface area (Å²) in [5, 5.41) is 8.30. The largest absolute Gasteiger partial charge is 0.385 e. The van der Waals surface area contributed by atoms with Crippen molar-refractivity contribution in [3.05, 3.63) is 62.7 Å². The monoisotopic (exact) mass is 245 g/mol. The van der Waals surface area contributed by atoms with Crippen molar-refractivity contribution in [2.24, 2.45) is 0 Å². The van der Waals surface area contributed by atoms with Crippen LogP contribution in [0.5, 0.6) is 0 Å². The van der Waals surface area contributed by atoms with Gasteiger partial charge in [-0.05, 0) is 25.0 Å². The molecule has 18 heavy (non-hydrogen) atoms. The van der Waals surface area contributed by atoms with Crippen LogP contribution in [0.3, 0.4) is 0 Å². The predicted octanol–water partition coefficient (Wildman–Crippen LogP) is 1.11. The smallest absolute Gasteiger partial charge is 0.310 e. The fraction of sp³-hybridized carbons (Fsp3) is 0.231. The normalized spacial score (nSPS) is 10.2. The van der Waals surface area contributed by atoms with Crippen molar-refractivity contribution < 1.29 is 0 Å². The molecule has 1 aromatic heterocycles. The van der Waals surface area contributed by atoms with E-state index < -0.39 is 11.0 Å². The first-order valence-corrected chi connectivity index (χ1v) is 5.85. The minimum Gasteiger partial charge on any atom is -0.385 e. The highest BCUT2D eigenvalue weighted by Gasteiger charge is 1.98. The molecule has 5 heteroatoms. The fourth-order valence-electron chi connectivity index (χ4n) is 1.66. The summed E-state index contributed by atoms with van der Waals surface area (Å²) in [5.41, 5.74) is 0.711. The summed E-state index contributed by atoms with van der Waals surface area (Å²) in [7, 11) is 0. The summed E-state index contributed by atoms with van der Waals surface area (Å²) in [6.45, 7) is 0.811. The molecular weight excluding hydrogens is 230 g/mol. The van der Waals surface area contributed by atoms with Crippen molar-refractivity contribution >= 4 is 5.69 Å². The van der Waals surface area contributed by atoms with Gasteiger partial charge in [-0.1, -0.05) is 18.2 Å². The van der Waals surface area contributed by atoms with Crippen LogP contribution in [0.2, 0.25) is 0 Å². The summed E-state index contributed by atoms with van der Waals surface area (Å²) in [6.07, 6.45) is 1.59. The third-order valence-electron chi connectivity index (χ3n) is 2.59. The standard InChI is InChI=1S/C13H15N3O2/c17-12-9-11(15-16-13(12)18)7-4-8-14-10-5-2-1-3-6-10/h1-3,5-6,9,14H,4,7-8H2,(H,15,17)(H,16,18). The Morgan fingerprint density at radius 1 is 1.06 bits per heavy atom. The maximum absolute atomic E-state index is 11.1.